The highest BCUT2D eigenvalue weighted by Crippen LogP contribution is 2.24. The fourth-order valence-electron chi connectivity index (χ4n) is 2.18. The van der Waals surface area contributed by atoms with Gasteiger partial charge in [-0.1, -0.05) is 30.3 Å². The van der Waals surface area contributed by atoms with Crippen LogP contribution in [0, 0.1) is 13.8 Å². The highest BCUT2D eigenvalue weighted by molar-refractivity contribution is 5.43. The molecule has 0 aliphatic rings. The van der Waals surface area contributed by atoms with Crippen LogP contribution in [0.25, 0.3) is 0 Å². The Morgan fingerprint density at radius 3 is 2.10 bits per heavy atom. The van der Waals surface area contributed by atoms with E-state index in [4.69, 9.17) is 14.6 Å². The zero-order valence-corrected chi connectivity index (χ0v) is 11.9. The van der Waals surface area contributed by atoms with Gasteiger partial charge in [0, 0.05) is 0 Å². The van der Waals surface area contributed by atoms with E-state index in [1.54, 1.807) is 0 Å². The van der Waals surface area contributed by atoms with E-state index in [0.717, 1.165) is 28.2 Å². The Morgan fingerprint density at radius 2 is 1.50 bits per heavy atom. The number of hydrogen-bond acceptors (Lipinski definition) is 3. The molecule has 0 atom stereocenters. The van der Waals surface area contributed by atoms with Gasteiger partial charge in [-0.25, -0.2) is 0 Å². The third-order valence-corrected chi connectivity index (χ3v) is 3.04. The second-order valence-electron chi connectivity index (χ2n) is 4.73. The van der Waals surface area contributed by atoms with Gasteiger partial charge in [0.15, 0.2) is 0 Å². The molecule has 2 aromatic rings. The lowest BCUT2D eigenvalue weighted by Gasteiger charge is -2.14. The van der Waals surface area contributed by atoms with Gasteiger partial charge < -0.3 is 14.6 Å². The molecule has 2 aromatic carbocycles. The van der Waals surface area contributed by atoms with E-state index >= 15 is 0 Å². The number of para-hydroxylation sites is 1. The molecule has 0 saturated carbocycles. The van der Waals surface area contributed by atoms with E-state index in [9.17, 15) is 0 Å². The summed E-state index contributed by atoms with van der Waals surface area (Å²) in [4.78, 5) is 0. The molecule has 0 amide bonds. The number of aliphatic hydroxyl groups excluding tert-OH is 1. The predicted octanol–water partition coefficient (Wildman–Crippen LogP) is 3.25. The van der Waals surface area contributed by atoms with Crippen molar-refractivity contribution in [3.05, 3.63) is 59.2 Å². The maximum atomic E-state index is 9.16. The quantitative estimate of drug-likeness (QED) is 0.820. The highest BCUT2D eigenvalue weighted by atomic mass is 16.5. The molecule has 1 N–H and O–H groups in total. The number of benzene rings is 2. The van der Waals surface area contributed by atoms with Gasteiger partial charge in [0.05, 0.1) is 6.61 Å². The Labute approximate surface area is 119 Å². The molecule has 0 saturated heterocycles. The van der Waals surface area contributed by atoms with Gasteiger partial charge in [-0.15, -0.1) is 0 Å². The zero-order chi connectivity index (χ0) is 14.4. The molecule has 20 heavy (non-hydrogen) atoms. The van der Waals surface area contributed by atoms with E-state index in [1.165, 1.54) is 0 Å². The lowest BCUT2D eigenvalue weighted by atomic mass is 10.1. The minimum absolute atomic E-state index is 0.0546. The number of rotatable bonds is 6. The van der Waals surface area contributed by atoms with E-state index in [0.29, 0.717) is 13.2 Å². The Bertz CT molecular complexity index is 526. The summed E-state index contributed by atoms with van der Waals surface area (Å²) in [5, 5.41) is 9.16. The van der Waals surface area contributed by atoms with Gasteiger partial charge in [0.2, 0.25) is 0 Å². The first-order valence-electron chi connectivity index (χ1n) is 6.72. The van der Waals surface area contributed by atoms with Crippen LogP contribution >= 0.6 is 0 Å². The first-order chi connectivity index (χ1) is 9.70. The number of aliphatic hydroxyl groups is 1. The predicted molar refractivity (Wildman–Crippen MR) is 79.3 cm³/mol. The van der Waals surface area contributed by atoms with Gasteiger partial charge in [-0.2, -0.15) is 0 Å². The second-order valence-corrected chi connectivity index (χ2v) is 4.73. The fourth-order valence-corrected chi connectivity index (χ4v) is 2.18. The van der Waals surface area contributed by atoms with Crippen molar-refractivity contribution in [2.75, 3.05) is 13.2 Å². The average Bonchev–Trinajstić information content (AvgIpc) is 2.46. The topological polar surface area (TPSA) is 38.7 Å². The van der Waals surface area contributed by atoms with Gasteiger partial charge in [0.1, 0.15) is 24.7 Å². The molecular weight excluding hydrogens is 252 g/mol. The van der Waals surface area contributed by atoms with Gasteiger partial charge >= 0.3 is 0 Å². The van der Waals surface area contributed by atoms with Crippen LogP contribution < -0.4 is 9.47 Å². The van der Waals surface area contributed by atoms with E-state index in [1.807, 2.05) is 56.3 Å². The number of aryl methyl sites for hydroxylation is 2. The van der Waals surface area contributed by atoms with Crippen molar-refractivity contribution < 1.29 is 14.6 Å². The third kappa shape index (κ3) is 3.75. The van der Waals surface area contributed by atoms with Crippen molar-refractivity contribution >= 4 is 0 Å². The Balaban J connectivity index is 1.88. The first-order valence-corrected chi connectivity index (χ1v) is 6.72. The molecule has 0 radical (unpaired) electrons. The molecule has 2 rings (SSSR count). The van der Waals surface area contributed by atoms with Crippen LogP contribution in [0.15, 0.2) is 42.5 Å². The molecule has 0 heterocycles. The molecule has 0 unspecified atom stereocenters. The summed E-state index contributed by atoms with van der Waals surface area (Å²) in [6.45, 7) is 5.03. The zero-order valence-electron chi connectivity index (χ0n) is 11.9. The molecule has 0 fully saturated rings. The molecule has 0 bridgehead atoms. The molecule has 106 valence electrons. The van der Waals surface area contributed by atoms with Crippen molar-refractivity contribution in [3.63, 3.8) is 0 Å². The highest BCUT2D eigenvalue weighted by Gasteiger charge is 2.06. The van der Waals surface area contributed by atoms with Crippen LogP contribution in [0.2, 0.25) is 0 Å². The summed E-state index contributed by atoms with van der Waals surface area (Å²) in [7, 11) is 0. The lowest BCUT2D eigenvalue weighted by molar-refractivity contribution is 0.215. The largest absolute Gasteiger partial charge is 0.490 e. The van der Waals surface area contributed by atoms with Crippen LogP contribution in [-0.4, -0.2) is 18.3 Å². The first kappa shape index (κ1) is 14.4. The van der Waals surface area contributed by atoms with Crippen LogP contribution in [0.3, 0.4) is 0 Å². The summed E-state index contributed by atoms with van der Waals surface area (Å²) in [5.41, 5.74) is 2.98. The molecule has 0 spiro atoms. The van der Waals surface area contributed by atoms with Crippen molar-refractivity contribution in [2.45, 2.75) is 20.5 Å². The van der Waals surface area contributed by atoms with Gasteiger partial charge in [-0.3, -0.25) is 0 Å². The van der Waals surface area contributed by atoms with Crippen LogP contribution in [0.5, 0.6) is 11.5 Å². The summed E-state index contributed by atoms with van der Waals surface area (Å²) in [5.74, 6) is 1.72. The van der Waals surface area contributed by atoms with Crippen LogP contribution in [0.4, 0.5) is 0 Å². The monoisotopic (exact) mass is 272 g/mol. The van der Waals surface area contributed by atoms with E-state index in [2.05, 4.69) is 0 Å². The van der Waals surface area contributed by atoms with Gasteiger partial charge in [-0.05, 0) is 42.7 Å². The SMILES string of the molecule is Cc1cc(CO)cc(C)c1OCCOc1ccccc1. The summed E-state index contributed by atoms with van der Waals surface area (Å²) in [6.07, 6.45) is 0. The Hall–Kier alpha value is -2.00. The van der Waals surface area contributed by atoms with Crippen molar-refractivity contribution in [1.82, 2.24) is 0 Å². The van der Waals surface area contributed by atoms with Gasteiger partial charge in [0.25, 0.3) is 0 Å². The number of ether oxygens (including phenoxy) is 2. The minimum Gasteiger partial charge on any atom is -0.490 e. The Kier molecular flexibility index (Phi) is 5.02. The Morgan fingerprint density at radius 1 is 0.900 bits per heavy atom. The van der Waals surface area contributed by atoms with Crippen molar-refractivity contribution in [1.29, 1.82) is 0 Å². The lowest BCUT2D eigenvalue weighted by Crippen LogP contribution is -2.10. The fraction of sp³-hybridized carbons (Fsp3) is 0.294. The van der Waals surface area contributed by atoms with E-state index in [-0.39, 0.29) is 6.61 Å². The van der Waals surface area contributed by atoms with E-state index < -0.39 is 0 Å². The maximum Gasteiger partial charge on any atom is 0.125 e. The average molecular weight is 272 g/mol. The van der Waals surface area contributed by atoms with Crippen molar-refractivity contribution in [3.8, 4) is 11.5 Å². The maximum absolute atomic E-state index is 9.16. The van der Waals surface area contributed by atoms with Crippen LogP contribution in [-0.2, 0) is 6.61 Å². The third-order valence-electron chi connectivity index (χ3n) is 3.04. The molecule has 0 aliphatic heterocycles. The molecule has 0 aliphatic carbocycles. The molecule has 3 heteroatoms. The molecule has 3 nitrogen and oxygen atoms in total. The normalized spacial score (nSPS) is 10.3. The molecule has 0 aromatic heterocycles. The second kappa shape index (κ2) is 6.96. The summed E-state index contributed by atoms with van der Waals surface area (Å²) >= 11 is 0. The standard InChI is InChI=1S/C17H20O3/c1-13-10-15(12-18)11-14(2)17(13)20-9-8-19-16-6-4-3-5-7-16/h3-7,10-11,18H,8-9,12H2,1-2H3. The summed E-state index contributed by atoms with van der Waals surface area (Å²) < 4.78 is 11.4. The summed E-state index contributed by atoms with van der Waals surface area (Å²) in [6, 6.07) is 13.6. The van der Waals surface area contributed by atoms with Crippen LogP contribution in [0.1, 0.15) is 16.7 Å². The molecular formula is C17H20O3. The number of hydrogen-bond donors (Lipinski definition) is 1. The minimum atomic E-state index is 0.0546. The van der Waals surface area contributed by atoms with Crippen molar-refractivity contribution in [2.24, 2.45) is 0 Å². The smallest absolute Gasteiger partial charge is 0.125 e.